The van der Waals surface area contributed by atoms with Crippen molar-refractivity contribution in [2.75, 3.05) is 18.9 Å². The first-order valence-electron chi connectivity index (χ1n) is 4.64. The second-order valence-corrected chi connectivity index (χ2v) is 4.50. The van der Waals surface area contributed by atoms with E-state index in [0.29, 0.717) is 12.3 Å². The molecule has 0 bridgehead atoms. The molecule has 5 nitrogen and oxygen atoms in total. The molecule has 84 valence electrons. The van der Waals surface area contributed by atoms with E-state index >= 15 is 0 Å². The molecule has 1 atom stereocenters. The van der Waals surface area contributed by atoms with Gasteiger partial charge in [-0.1, -0.05) is 18.7 Å². The molecule has 0 saturated carbocycles. The average Bonchev–Trinajstić information content (AvgIpc) is 2.59. The van der Waals surface area contributed by atoms with Crippen LogP contribution in [0.3, 0.4) is 0 Å². The zero-order chi connectivity index (χ0) is 11.4. The molecule has 6 heteroatoms. The minimum atomic E-state index is -0.584. The lowest BCUT2D eigenvalue weighted by Crippen LogP contribution is -2.36. The number of thioether (sulfide) groups is 1. The van der Waals surface area contributed by atoms with Crippen molar-refractivity contribution in [3.63, 3.8) is 0 Å². The normalized spacial score (nSPS) is 17.5. The van der Waals surface area contributed by atoms with Crippen LogP contribution >= 0.6 is 11.8 Å². The molecule has 1 fully saturated rings. The first-order valence-corrected chi connectivity index (χ1v) is 5.62. The van der Waals surface area contributed by atoms with Crippen LogP contribution in [0.4, 0.5) is 4.79 Å². The molecular formula is C9H13NO4S. The maximum absolute atomic E-state index is 11.7. The third-order valence-corrected chi connectivity index (χ3v) is 3.06. The largest absolute Gasteiger partial charge is 0.447 e. The highest BCUT2D eigenvalue weighted by Gasteiger charge is 2.31. The summed E-state index contributed by atoms with van der Waals surface area (Å²) in [6, 6.07) is 0. The molecule has 2 amide bonds. The van der Waals surface area contributed by atoms with E-state index in [2.05, 4.69) is 4.74 Å². The smallest absolute Gasteiger partial charge is 0.416 e. The number of hydrogen-bond acceptors (Lipinski definition) is 5. The molecule has 0 aliphatic carbocycles. The highest BCUT2D eigenvalue weighted by Crippen LogP contribution is 2.14. The second-order valence-electron chi connectivity index (χ2n) is 3.31. The van der Waals surface area contributed by atoms with Gasteiger partial charge in [-0.05, 0) is 0 Å². The van der Waals surface area contributed by atoms with Gasteiger partial charge in [0.15, 0.2) is 5.12 Å². The third kappa shape index (κ3) is 3.23. The molecule has 1 saturated heterocycles. The Kier molecular flexibility index (Phi) is 4.14. The van der Waals surface area contributed by atoms with Crippen LogP contribution in [0.1, 0.15) is 13.8 Å². The van der Waals surface area contributed by atoms with Crippen LogP contribution in [-0.2, 0) is 14.3 Å². The van der Waals surface area contributed by atoms with E-state index in [-0.39, 0.29) is 23.5 Å². The fourth-order valence-corrected chi connectivity index (χ4v) is 1.80. The fourth-order valence-electron chi connectivity index (χ4n) is 1.17. The summed E-state index contributed by atoms with van der Waals surface area (Å²) < 4.78 is 4.65. The topological polar surface area (TPSA) is 63.7 Å². The molecule has 0 aromatic carbocycles. The highest BCUT2D eigenvalue weighted by molar-refractivity contribution is 8.13. The van der Waals surface area contributed by atoms with Gasteiger partial charge < -0.3 is 4.74 Å². The van der Waals surface area contributed by atoms with E-state index in [1.54, 1.807) is 6.92 Å². The van der Waals surface area contributed by atoms with Gasteiger partial charge >= 0.3 is 6.09 Å². The summed E-state index contributed by atoms with van der Waals surface area (Å²) in [4.78, 5) is 34.5. The van der Waals surface area contributed by atoms with Gasteiger partial charge in [-0.15, -0.1) is 0 Å². The van der Waals surface area contributed by atoms with E-state index < -0.39 is 6.09 Å². The number of hydrogen-bond donors (Lipinski definition) is 0. The van der Waals surface area contributed by atoms with Crippen molar-refractivity contribution >= 4 is 28.9 Å². The quantitative estimate of drug-likeness (QED) is 0.721. The minimum absolute atomic E-state index is 0.0290. The molecule has 1 rings (SSSR count). The summed E-state index contributed by atoms with van der Waals surface area (Å²) in [5, 5.41) is -0.0290. The SMILES string of the molecule is CC(=O)SC[C@H](C)C(=O)N1CCOC1=O. The van der Waals surface area contributed by atoms with E-state index in [0.717, 1.165) is 16.7 Å². The van der Waals surface area contributed by atoms with Gasteiger partial charge in [0.2, 0.25) is 5.91 Å². The Hall–Kier alpha value is -1.04. The number of amides is 2. The molecule has 0 spiro atoms. The van der Waals surface area contributed by atoms with Gasteiger partial charge in [-0.2, -0.15) is 0 Å². The Morgan fingerprint density at radius 3 is 2.73 bits per heavy atom. The van der Waals surface area contributed by atoms with Crippen LogP contribution in [-0.4, -0.2) is 40.9 Å². The van der Waals surface area contributed by atoms with Crippen molar-refractivity contribution in [1.82, 2.24) is 4.90 Å². The molecule has 1 aliphatic rings. The lowest BCUT2D eigenvalue weighted by Gasteiger charge is -2.15. The number of ether oxygens (including phenoxy) is 1. The second kappa shape index (κ2) is 5.16. The highest BCUT2D eigenvalue weighted by atomic mass is 32.2. The van der Waals surface area contributed by atoms with E-state index in [9.17, 15) is 14.4 Å². The summed E-state index contributed by atoms with van der Waals surface area (Å²) in [5.41, 5.74) is 0. The Morgan fingerprint density at radius 2 is 2.27 bits per heavy atom. The lowest BCUT2D eigenvalue weighted by molar-refractivity contribution is -0.130. The Morgan fingerprint density at radius 1 is 1.60 bits per heavy atom. The Bertz CT molecular complexity index is 292. The average molecular weight is 231 g/mol. The molecule has 0 aromatic heterocycles. The first-order chi connectivity index (χ1) is 7.02. The van der Waals surface area contributed by atoms with Gasteiger partial charge in [-0.25, -0.2) is 9.69 Å². The van der Waals surface area contributed by atoms with Gasteiger partial charge in [0.1, 0.15) is 6.61 Å². The summed E-state index contributed by atoms with van der Waals surface area (Å²) in [7, 11) is 0. The van der Waals surface area contributed by atoms with Crippen molar-refractivity contribution < 1.29 is 19.1 Å². The van der Waals surface area contributed by atoms with Crippen molar-refractivity contribution in [1.29, 1.82) is 0 Å². The number of carbonyl (C=O) groups is 3. The molecule has 0 N–H and O–H groups in total. The zero-order valence-corrected chi connectivity index (χ0v) is 9.50. The number of cyclic esters (lactones) is 1. The van der Waals surface area contributed by atoms with Crippen molar-refractivity contribution in [2.24, 2.45) is 5.92 Å². The number of rotatable bonds is 3. The van der Waals surface area contributed by atoms with Crippen LogP contribution < -0.4 is 0 Å². The maximum Gasteiger partial charge on any atom is 0.416 e. The molecule has 0 aromatic rings. The van der Waals surface area contributed by atoms with Gasteiger partial charge in [-0.3, -0.25) is 9.59 Å². The molecule has 1 aliphatic heterocycles. The molecule has 15 heavy (non-hydrogen) atoms. The van der Waals surface area contributed by atoms with Crippen molar-refractivity contribution in [2.45, 2.75) is 13.8 Å². The van der Waals surface area contributed by atoms with Crippen LogP contribution in [0.25, 0.3) is 0 Å². The Labute approximate surface area is 92.1 Å². The van der Waals surface area contributed by atoms with Crippen LogP contribution in [0.5, 0.6) is 0 Å². The minimum Gasteiger partial charge on any atom is -0.447 e. The fraction of sp³-hybridized carbons (Fsp3) is 0.667. The van der Waals surface area contributed by atoms with E-state index in [4.69, 9.17) is 0 Å². The summed E-state index contributed by atoms with van der Waals surface area (Å²) in [6.45, 7) is 3.72. The maximum atomic E-state index is 11.7. The lowest BCUT2D eigenvalue weighted by atomic mass is 10.2. The van der Waals surface area contributed by atoms with Crippen LogP contribution in [0.15, 0.2) is 0 Å². The molecule has 0 radical (unpaired) electrons. The predicted molar refractivity (Wildman–Crippen MR) is 55.4 cm³/mol. The van der Waals surface area contributed by atoms with Gasteiger partial charge in [0, 0.05) is 18.6 Å². The number of nitrogens with zero attached hydrogens (tertiary/aromatic N) is 1. The predicted octanol–water partition coefficient (Wildman–Crippen LogP) is 0.881. The van der Waals surface area contributed by atoms with Crippen LogP contribution in [0, 0.1) is 5.92 Å². The molecule has 0 unspecified atom stereocenters. The Balaban J connectivity index is 2.45. The number of carbonyl (C=O) groups excluding carboxylic acids is 3. The van der Waals surface area contributed by atoms with Gasteiger partial charge in [0.05, 0.1) is 6.54 Å². The standard InChI is InChI=1S/C9H13NO4S/c1-6(5-15-7(2)11)8(12)10-3-4-14-9(10)13/h6H,3-5H2,1-2H3/t6-/m0/s1. The molecular weight excluding hydrogens is 218 g/mol. The summed E-state index contributed by atoms with van der Waals surface area (Å²) in [5.74, 6) is -0.214. The van der Waals surface area contributed by atoms with E-state index in [1.165, 1.54) is 6.92 Å². The van der Waals surface area contributed by atoms with Crippen molar-refractivity contribution in [3.05, 3.63) is 0 Å². The van der Waals surface area contributed by atoms with Crippen molar-refractivity contribution in [3.8, 4) is 0 Å². The van der Waals surface area contributed by atoms with Gasteiger partial charge in [0.25, 0.3) is 0 Å². The summed E-state index contributed by atoms with van der Waals surface area (Å²) in [6.07, 6.45) is -0.584. The third-order valence-electron chi connectivity index (χ3n) is 1.99. The van der Waals surface area contributed by atoms with Crippen LogP contribution in [0.2, 0.25) is 0 Å². The monoisotopic (exact) mass is 231 g/mol. The number of imide groups is 1. The summed E-state index contributed by atoms with van der Waals surface area (Å²) >= 11 is 1.09. The first kappa shape index (κ1) is 12.0. The van der Waals surface area contributed by atoms with E-state index in [1.807, 2.05) is 0 Å². The molecule has 1 heterocycles. The zero-order valence-electron chi connectivity index (χ0n) is 8.69.